The van der Waals surface area contributed by atoms with E-state index in [2.05, 4.69) is 5.10 Å². The van der Waals surface area contributed by atoms with Crippen molar-refractivity contribution in [1.29, 1.82) is 0 Å². The Balaban J connectivity index is 1.58. The molecule has 0 fully saturated rings. The molecule has 0 aliphatic heterocycles. The number of ether oxygens (including phenoxy) is 1. The lowest BCUT2D eigenvalue weighted by atomic mass is 10.1. The van der Waals surface area contributed by atoms with Gasteiger partial charge in [0.25, 0.3) is 5.69 Å². The van der Waals surface area contributed by atoms with Gasteiger partial charge in [0.2, 0.25) is 0 Å². The zero-order valence-electron chi connectivity index (χ0n) is 14.8. The van der Waals surface area contributed by atoms with Gasteiger partial charge in [0.05, 0.1) is 16.2 Å². The standard InChI is InChI=1S/C19H17N3O5/c1-13-18(11-21(2)20-13)19(23)10-9-16-7-8-17(27-16)12-26-15-5-3-14(4-6-15)22(24)25/h3-11H,12H2,1-2H3. The molecule has 0 unspecified atom stereocenters. The molecule has 8 heteroatoms. The smallest absolute Gasteiger partial charge is 0.269 e. The molecule has 138 valence electrons. The molecule has 1 aromatic carbocycles. The van der Waals surface area contributed by atoms with Crippen LogP contribution in [0, 0.1) is 17.0 Å². The first kappa shape index (κ1) is 18.1. The van der Waals surface area contributed by atoms with Gasteiger partial charge in [-0.3, -0.25) is 19.6 Å². The van der Waals surface area contributed by atoms with E-state index >= 15 is 0 Å². The summed E-state index contributed by atoms with van der Waals surface area (Å²) in [7, 11) is 1.76. The summed E-state index contributed by atoms with van der Waals surface area (Å²) in [5.74, 6) is 1.43. The molecule has 8 nitrogen and oxygen atoms in total. The Morgan fingerprint density at radius 1 is 1.30 bits per heavy atom. The Hall–Kier alpha value is -3.68. The van der Waals surface area contributed by atoms with E-state index in [1.807, 2.05) is 0 Å². The van der Waals surface area contributed by atoms with Crippen molar-refractivity contribution in [2.45, 2.75) is 13.5 Å². The van der Waals surface area contributed by atoms with E-state index in [-0.39, 0.29) is 18.1 Å². The molecule has 3 aromatic rings. The summed E-state index contributed by atoms with van der Waals surface area (Å²) in [6, 6.07) is 9.27. The van der Waals surface area contributed by atoms with Crippen LogP contribution in [0.3, 0.4) is 0 Å². The van der Waals surface area contributed by atoms with E-state index in [4.69, 9.17) is 9.15 Å². The molecule has 2 aromatic heterocycles. The first-order chi connectivity index (χ1) is 12.9. The third-order valence-electron chi connectivity index (χ3n) is 3.79. The van der Waals surface area contributed by atoms with Crippen molar-refractivity contribution in [2.75, 3.05) is 0 Å². The molecule has 0 spiro atoms. The fraction of sp³-hybridized carbons (Fsp3) is 0.158. The quantitative estimate of drug-likeness (QED) is 0.273. The number of furan rings is 1. The van der Waals surface area contributed by atoms with Gasteiger partial charge in [0.15, 0.2) is 5.78 Å². The third kappa shape index (κ3) is 4.49. The molecule has 0 saturated heterocycles. The number of nitro benzene ring substituents is 1. The van der Waals surface area contributed by atoms with Crippen LogP contribution < -0.4 is 4.74 Å². The normalized spacial score (nSPS) is 11.0. The Morgan fingerprint density at radius 3 is 2.67 bits per heavy atom. The lowest BCUT2D eigenvalue weighted by Crippen LogP contribution is -1.94. The van der Waals surface area contributed by atoms with Crippen LogP contribution in [0.1, 0.15) is 27.6 Å². The summed E-state index contributed by atoms with van der Waals surface area (Å²) in [5.41, 5.74) is 1.21. The van der Waals surface area contributed by atoms with Gasteiger partial charge < -0.3 is 9.15 Å². The molecule has 0 aliphatic rings. The monoisotopic (exact) mass is 367 g/mol. The van der Waals surface area contributed by atoms with Crippen LogP contribution in [0.4, 0.5) is 5.69 Å². The minimum absolute atomic E-state index is 0.00120. The maximum absolute atomic E-state index is 12.2. The first-order valence-corrected chi connectivity index (χ1v) is 8.11. The van der Waals surface area contributed by atoms with Gasteiger partial charge in [0.1, 0.15) is 23.9 Å². The van der Waals surface area contributed by atoms with E-state index in [0.29, 0.717) is 28.5 Å². The number of nitro groups is 1. The van der Waals surface area contributed by atoms with Crippen molar-refractivity contribution < 1.29 is 18.9 Å². The van der Waals surface area contributed by atoms with Crippen molar-refractivity contribution in [3.05, 3.63) is 81.6 Å². The zero-order valence-corrected chi connectivity index (χ0v) is 14.8. The van der Waals surface area contributed by atoms with E-state index in [0.717, 1.165) is 0 Å². The lowest BCUT2D eigenvalue weighted by molar-refractivity contribution is -0.384. The van der Waals surface area contributed by atoms with Gasteiger partial charge in [0, 0.05) is 25.4 Å². The average Bonchev–Trinajstić information content (AvgIpc) is 3.24. The number of benzene rings is 1. The molecule has 0 aliphatic carbocycles. The van der Waals surface area contributed by atoms with Gasteiger partial charge in [-0.25, -0.2) is 0 Å². The number of rotatable bonds is 7. The van der Waals surface area contributed by atoms with Gasteiger partial charge in [-0.05, 0) is 43.3 Å². The molecule has 0 radical (unpaired) electrons. The second kappa shape index (κ2) is 7.69. The van der Waals surface area contributed by atoms with E-state index in [9.17, 15) is 14.9 Å². The molecular weight excluding hydrogens is 350 g/mol. The van der Waals surface area contributed by atoms with Crippen molar-refractivity contribution >= 4 is 17.5 Å². The molecule has 0 N–H and O–H groups in total. The number of hydrogen-bond donors (Lipinski definition) is 0. The average molecular weight is 367 g/mol. The second-order valence-electron chi connectivity index (χ2n) is 5.84. The molecule has 0 atom stereocenters. The molecule has 2 heterocycles. The number of carbonyl (C=O) groups is 1. The highest BCUT2D eigenvalue weighted by Gasteiger charge is 2.10. The Morgan fingerprint density at radius 2 is 2.04 bits per heavy atom. The fourth-order valence-electron chi connectivity index (χ4n) is 2.47. The first-order valence-electron chi connectivity index (χ1n) is 8.11. The summed E-state index contributed by atoms with van der Waals surface area (Å²) < 4.78 is 12.7. The minimum Gasteiger partial charge on any atom is -0.486 e. The number of aryl methyl sites for hydroxylation is 2. The highest BCUT2D eigenvalue weighted by molar-refractivity contribution is 6.07. The predicted molar refractivity (Wildman–Crippen MR) is 97.4 cm³/mol. The number of ketones is 1. The van der Waals surface area contributed by atoms with Crippen molar-refractivity contribution in [3.8, 4) is 5.75 Å². The summed E-state index contributed by atoms with van der Waals surface area (Å²) in [6.07, 6.45) is 4.70. The number of aromatic nitrogens is 2. The molecule has 3 rings (SSSR count). The largest absolute Gasteiger partial charge is 0.486 e. The van der Waals surface area contributed by atoms with Crippen LogP contribution in [0.25, 0.3) is 6.08 Å². The predicted octanol–water partition coefficient (Wildman–Crippen LogP) is 3.70. The molecule has 0 saturated carbocycles. The zero-order chi connectivity index (χ0) is 19.4. The van der Waals surface area contributed by atoms with Gasteiger partial charge >= 0.3 is 0 Å². The highest BCUT2D eigenvalue weighted by atomic mass is 16.6. The van der Waals surface area contributed by atoms with Crippen LogP contribution in [-0.2, 0) is 13.7 Å². The number of nitrogens with zero attached hydrogens (tertiary/aromatic N) is 3. The second-order valence-corrected chi connectivity index (χ2v) is 5.84. The SMILES string of the molecule is Cc1nn(C)cc1C(=O)C=Cc1ccc(COc2ccc([N+](=O)[O-])cc2)o1. The van der Waals surface area contributed by atoms with Crippen molar-refractivity contribution in [1.82, 2.24) is 9.78 Å². The van der Waals surface area contributed by atoms with E-state index < -0.39 is 4.92 Å². The maximum Gasteiger partial charge on any atom is 0.269 e. The summed E-state index contributed by atoms with van der Waals surface area (Å²) in [6.45, 7) is 1.95. The molecule has 0 amide bonds. The summed E-state index contributed by atoms with van der Waals surface area (Å²) >= 11 is 0. The third-order valence-corrected chi connectivity index (χ3v) is 3.79. The maximum atomic E-state index is 12.2. The Bertz CT molecular complexity index is 999. The minimum atomic E-state index is -0.469. The topological polar surface area (TPSA) is 100 Å². The summed E-state index contributed by atoms with van der Waals surface area (Å²) in [4.78, 5) is 22.4. The number of allylic oxidation sites excluding steroid dienone is 1. The number of hydrogen-bond acceptors (Lipinski definition) is 6. The van der Waals surface area contributed by atoms with Crippen LogP contribution >= 0.6 is 0 Å². The van der Waals surface area contributed by atoms with E-state index in [1.165, 1.54) is 30.3 Å². The van der Waals surface area contributed by atoms with Crippen LogP contribution in [0.2, 0.25) is 0 Å². The van der Waals surface area contributed by atoms with Crippen LogP contribution in [0.15, 0.2) is 53.1 Å². The summed E-state index contributed by atoms with van der Waals surface area (Å²) in [5, 5.41) is 14.8. The van der Waals surface area contributed by atoms with Gasteiger partial charge in [-0.1, -0.05) is 0 Å². The van der Waals surface area contributed by atoms with Crippen molar-refractivity contribution in [2.24, 2.45) is 7.05 Å². The number of carbonyl (C=O) groups excluding carboxylic acids is 1. The fourth-order valence-corrected chi connectivity index (χ4v) is 2.47. The van der Waals surface area contributed by atoms with Crippen molar-refractivity contribution in [3.63, 3.8) is 0 Å². The Kier molecular flexibility index (Phi) is 5.16. The molecule has 27 heavy (non-hydrogen) atoms. The molecular formula is C19H17N3O5. The molecule has 0 bridgehead atoms. The highest BCUT2D eigenvalue weighted by Crippen LogP contribution is 2.19. The Labute approximate surface area is 154 Å². The van der Waals surface area contributed by atoms with Gasteiger partial charge in [-0.2, -0.15) is 5.10 Å². The van der Waals surface area contributed by atoms with E-state index in [1.54, 1.807) is 43.1 Å². The number of non-ortho nitro benzene ring substituents is 1. The van der Waals surface area contributed by atoms with Crippen LogP contribution in [0.5, 0.6) is 5.75 Å². The van der Waals surface area contributed by atoms with Crippen LogP contribution in [-0.4, -0.2) is 20.5 Å². The lowest BCUT2D eigenvalue weighted by Gasteiger charge is -2.03. The van der Waals surface area contributed by atoms with Gasteiger partial charge in [-0.15, -0.1) is 0 Å².